The molecule has 1 aromatic carbocycles. The minimum absolute atomic E-state index is 0.0678. The second-order valence-electron chi connectivity index (χ2n) is 2.52. The maximum atomic E-state index is 10.7. The molecule has 0 saturated heterocycles. The average molecular weight is 184 g/mol. The summed E-state index contributed by atoms with van der Waals surface area (Å²) in [7, 11) is 0. The molecule has 0 aliphatic heterocycles. The smallest absolute Gasteiger partial charge is 0.221 e. The predicted octanol–water partition coefficient (Wildman–Crippen LogP) is 2.38. The Hall–Kier alpha value is -1.02. The van der Waals surface area contributed by atoms with E-state index >= 15 is 0 Å². The number of hydrogen-bond acceptors (Lipinski definition) is 1. The summed E-state index contributed by atoms with van der Waals surface area (Å²) < 4.78 is 0. The van der Waals surface area contributed by atoms with Crippen LogP contribution in [0.5, 0.6) is 0 Å². The molecule has 12 heavy (non-hydrogen) atoms. The number of rotatable bonds is 2. The minimum atomic E-state index is -0.0678. The van der Waals surface area contributed by atoms with Crippen LogP contribution in [0, 0.1) is 0 Å². The highest BCUT2D eigenvalue weighted by molar-refractivity contribution is 6.17. The van der Waals surface area contributed by atoms with Gasteiger partial charge in [-0.15, -0.1) is 11.6 Å². The van der Waals surface area contributed by atoms with Crippen LogP contribution in [0.25, 0.3) is 0 Å². The average Bonchev–Trinajstić information content (AvgIpc) is 2.03. The minimum Gasteiger partial charge on any atom is -0.326 e. The zero-order valence-corrected chi connectivity index (χ0v) is 7.56. The molecule has 0 bridgehead atoms. The van der Waals surface area contributed by atoms with Gasteiger partial charge in [-0.1, -0.05) is 12.1 Å². The molecule has 0 atom stereocenters. The summed E-state index contributed by atoms with van der Waals surface area (Å²) in [5.74, 6) is 0.398. The van der Waals surface area contributed by atoms with E-state index in [-0.39, 0.29) is 5.91 Å². The molecule has 0 spiro atoms. The monoisotopic (exact) mass is 183 g/mol. The molecular formula is C9H10ClNO. The fourth-order valence-corrected chi connectivity index (χ4v) is 1.10. The van der Waals surface area contributed by atoms with Gasteiger partial charge in [0.15, 0.2) is 0 Å². The SMILES string of the molecule is CC(=O)Nc1cccc(CCl)c1. The van der Waals surface area contributed by atoms with Crippen LogP contribution in [-0.2, 0) is 10.7 Å². The van der Waals surface area contributed by atoms with Crippen LogP contribution in [0.4, 0.5) is 5.69 Å². The van der Waals surface area contributed by atoms with E-state index in [0.29, 0.717) is 5.88 Å². The lowest BCUT2D eigenvalue weighted by atomic mass is 10.2. The first-order valence-electron chi connectivity index (χ1n) is 3.65. The van der Waals surface area contributed by atoms with E-state index in [4.69, 9.17) is 11.6 Å². The van der Waals surface area contributed by atoms with Gasteiger partial charge in [0.05, 0.1) is 0 Å². The van der Waals surface area contributed by atoms with E-state index in [9.17, 15) is 4.79 Å². The number of benzene rings is 1. The summed E-state index contributed by atoms with van der Waals surface area (Å²) in [4.78, 5) is 10.7. The highest BCUT2D eigenvalue weighted by Gasteiger charge is 1.95. The predicted molar refractivity (Wildman–Crippen MR) is 50.3 cm³/mol. The Balaban J connectivity index is 2.79. The Morgan fingerprint density at radius 1 is 1.58 bits per heavy atom. The van der Waals surface area contributed by atoms with Crippen molar-refractivity contribution in [3.05, 3.63) is 29.8 Å². The number of hydrogen-bond donors (Lipinski definition) is 1. The van der Waals surface area contributed by atoms with Crippen molar-refractivity contribution < 1.29 is 4.79 Å². The standard InChI is InChI=1S/C9H10ClNO/c1-7(12)11-9-4-2-3-8(5-9)6-10/h2-5H,6H2,1H3,(H,11,12). The normalized spacial score (nSPS) is 9.50. The maximum Gasteiger partial charge on any atom is 0.221 e. The third kappa shape index (κ3) is 2.55. The third-order valence-electron chi connectivity index (χ3n) is 1.40. The van der Waals surface area contributed by atoms with Crippen molar-refractivity contribution >= 4 is 23.2 Å². The number of anilines is 1. The lowest BCUT2D eigenvalue weighted by Gasteiger charge is -2.02. The first-order valence-corrected chi connectivity index (χ1v) is 4.18. The van der Waals surface area contributed by atoms with Crippen molar-refractivity contribution in [1.82, 2.24) is 0 Å². The van der Waals surface area contributed by atoms with Gasteiger partial charge in [0, 0.05) is 18.5 Å². The van der Waals surface area contributed by atoms with Crippen molar-refractivity contribution in [2.24, 2.45) is 0 Å². The van der Waals surface area contributed by atoms with Gasteiger partial charge in [0.1, 0.15) is 0 Å². The zero-order valence-electron chi connectivity index (χ0n) is 6.80. The fraction of sp³-hybridized carbons (Fsp3) is 0.222. The Morgan fingerprint density at radius 3 is 2.92 bits per heavy atom. The third-order valence-corrected chi connectivity index (χ3v) is 1.71. The molecule has 0 aliphatic rings. The van der Waals surface area contributed by atoms with Crippen molar-refractivity contribution in [3.8, 4) is 0 Å². The molecular weight excluding hydrogens is 174 g/mol. The molecule has 0 saturated carbocycles. The number of amides is 1. The van der Waals surface area contributed by atoms with Crippen molar-refractivity contribution in [3.63, 3.8) is 0 Å². The molecule has 0 aromatic heterocycles. The fourth-order valence-electron chi connectivity index (χ4n) is 0.935. The van der Waals surface area contributed by atoms with Crippen LogP contribution in [0.2, 0.25) is 0 Å². The second kappa shape index (κ2) is 4.12. The summed E-state index contributed by atoms with van der Waals surface area (Å²) in [6.07, 6.45) is 0. The van der Waals surface area contributed by atoms with Crippen molar-refractivity contribution in [1.29, 1.82) is 0 Å². The van der Waals surface area contributed by atoms with Gasteiger partial charge in [-0.2, -0.15) is 0 Å². The quantitative estimate of drug-likeness (QED) is 0.701. The highest BCUT2D eigenvalue weighted by atomic mass is 35.5. The summed E-state index contributed by atoms with van der Waals surface area (Å²) in [5.41, 5.74) is 1.79. The van der Waals surface area contributed by atoms with E-state index in [1.165, 1.54) is 6.92 Å². The first-order chi connectivity index (χ1) is 5.72. The lowest BCUT2D eigenvalue weighted by molar-refractivity contribution is -0.114. The summed E-state index contributed by atoms with van der Waals surface area (Å²) >= 11 is 5.62. The Bertz CT molecular complexity index is 286. The molecule has 0 heterocycles. The van der Waals surface area contributed by atoms with Gasteiger partial charge in [-0.25, -0.2) is 0 Å². The van der Waals surface area contributed by atoms with E-state index < -0.39 is 0 Å². The molecule has 0 radical (unpaired) electrons. The van der Waals surface area contributed by atoms with E-state index in [1.807, 2.05) is 24.3 Å². The molecule has 1 amide bonds. The second-order valence-corrected chi connectivity index (χ2v) is 2.78. The van der Waals surface area contributed by atoms with Gasteiger partial charge >= 0.3 is 0 Å². The number of halogens is 1. The largest absolute Gasteiger partial charge is 0.326 e. The number of alkyl halides is 1. The molecule has 1 aromatic rings. The van der Waals surface area contributed by atoms with Gasteiger partial charge in [0.2, 0.25) is 5.91 Å². The Kier molecular flexibility index (Phi) is 3.11. The highest BCUT2D eigenvalue weighted by Crippen LogP contribution is 2.11. The molecule has 2 nitrogen and oxygen atoms in total. The number of nitrogens with one attached hydrogen (secondary N) is 1. The van der Waals surface area contributed by atoms with Gasteiger partial charge in [0.25, 0.3) is 0 Å². The van der Waals surface area contributed by atoms with Crippen molar-refractivity contribution in [2.75, 3.05) is 5.32 Å². The van der Waals surface area contributed by atoms with Crippen LogP contribution in [0.15, 0.2) is 24.3 Å². The maximum absolute atomic E-state index is 10.7. The first kappa shape index (κ1) is 9.07. The topological polar surface area (TPSA) is 29.1 Å². The van der Waals surface area contributed by atoms with E-state index in [0.717, 1.165) is 11.3 Å². The van der Waals surface area contributed by atoms with Gasteiger partial charge in [-0.3, -0.25) is 4.79 Å². The lowest BCUT2D eigenvalue weighted by Crippen LogP contribution is -2.05. The molecule has 1 rings (SSSR count). The van der Waals surface area contributed by atoms with E-state index in [2.05, 4.69) is 5.32 Å². The molecule has 3 heteroatoms. The summed E-state index contributed by atoms with van der Waals surface area (Å²) in [5, 5.41) is 2.68. The number of carbonyl (C=O) groups is 1. The van der Waals surface area contributed by atoms with Crippen LogP contribution >= 0.6 is 11.6 Å². The Morgan fingerprint density at radius 2 is 2.33 bits per heavy atom. The molecule has 0 fully saturated rings. The summed E-state index contributed by atoms with van der Waals surface area (Å²) in [6.45, 7) is 1.48. The van der Waals surface area contributed by atoms with Crippen LogP contribution in [0.1, 0.15) is 12.5 Å². The molecule has 0 aliphatic carbocycles. The number of carbonyl (C=O) groups excluding carboxylic acids is 1. The zero-order chi connectivity index (χ0) is 8.97. The molecule has 0 unspecified atom stereocenters. The van der Waals surface area contributed by atoms with Crippen LogP contribution < -0.4 is 5.32 Å². The van der Waals surface area contributed by atoms with Crippen LogP contribution in [0.3, 0.4) is 0 Å². The van der Waals surface area contributed by atoms with Crippen LogP contribution in [-0.4, -0.2) is 5.91 Å². The van der Waals surface area contributed by atoms with Gasteiger partial charge in [-0.05, 0) is 17.7 Å². The van der Waals surface area contributed by atoms with E-state index in [1.54, 1.807) is 0 Å². The molecule has 1 N–H and O–H groups in total. The summed E-state index contributed by atoms with van der Waals surface area (Å²) in [6, 6.07) is 7.47. The Labute approximate surface area is 76.5 Å². The molecule has 64 valence electrons. The van der Waals surface area contributed by atoms with Gasteiger partial charge < -0.3 is 5.32 Å². The van der Waals surface area contributed by atoms with Crippen molar-refractivity contribution in [2.45, 2.75) is 12.8 Å².